The SMILES string of the molecule is C[N+](C)(O)CCCNS(=O)(=O)C(F)(F)C(F)(F)C(F)(F)C(F)(F)C(F)(F)C(F)(F)C(F)(F)C(F)(F)C(F)(F)C(F)(F)F. The van der Waals surface area contributed by atoms with Gasteiger partial charge in [-0.25, -0.2) is 18.3 Å². The maximum Gasteiger partial charge on any atom is 0.460 e. The maximum absolute atomic E-state index is 13.9. The first-order valence-electron chi connectivity index (χ1n) is 9.72. The minimum atomic E-state index is -9.36. The van der Waals surface area contributed by atoms with Crippen LogP contribution in [0.1, 0.15) is 6.42 Å². The van der Waals surface area contributed by atoms with Crippen molar-refractivity contribution in [3.63, 3.8) is 0 Å². The topological polar surface area (TPSA) is 66.4 Å². The summed E-state index contributed by atoms with van der Waals surface area (Å²) in [6.45, 7) is -2.21. The average Bonchev–Trinajstić information content (AvgIpc) is 2.74. The Labute approximate surface area is 218 Å². The Morgan fingerprint density at radius 2 is 0.786 bits per heavy atom. The molecule has 42 heavy (non-hydrogen) atoms. The van der Waals surface area contributed by atoms with Gasteiger partial charge in [0.15, 0.2) is 0 Å². The molecule has 2 N–H and O–H groups in total. The number of alkyl halides is 21. The third-order valence-electron chi connectivity index (χ3n) is 4.99. The van der Waals surface area contributed by atoms with E-state index in [4.69, 9.17) is 0 Å². The van der Waals surface area contributed by atoms with Crippen LogP contribution in [0.25, 0.3) is 0 Å². The summed E-state index contributed by atoms with van der Waals surface area (Å²) in [5, 5.41) is 1.44. The van der Waals surface area contributed by atoms with E-state index in [2.05, 4.69) is 0 Å². The van der Waals surface area contributed by atoms with E-state index < -0.39 is 93.0 Å². The van der Waals surface area contributed by atoms with Crippen LogP contribution in [-0.4, -0.2) is 104 Å². The molecule has 0 saturated carbocycles. The highest BCUT2D eigenvalue weighted by Crippen LogP contribution is 2.66. The molecule has 0 aliphatic carbocycles. The Bertz CT molecular complexity index is 1080. The van der Waals surface area contributed by atoms with Crippen molar-refractivity contribution < 1.29 is 110 Å². The van der Waals surface area contributed by atoms with Gasteiger partial charge in [-0.2, -0.15) is 96.8 Å². The number of sulfonamides is 1. The van der Waals surface area contributed by atoms with Crippen LogP contribution in [-0.2, 0) is 10.0 Å². The maximum atomic E-state index is 13.9. The van der Waals surface area contributed by atoms with Crippen LogP contribution < -0.4 is 4.72 Å². The molecule has 0 aromatic carbocycles. The molecule has 0 radical (unpaired) electrons. The molecular formula is C15H14F21N2O3S+. The number of nitrogens with one attached hydrogen (secondary N) is 1. The minimum Gasteiger partial charge on any atom is -0.217 e. The van der Waals surface area contributed by atoms with Gasteiger partial charge in [0.2, 0.25) is 0 Å². The molecular weight excluding hydrogens is 687 g/mol. The summed E-state index contributed by atoms with van der Waals surface area (Å²) in [5.41, 5.74) is 0. The summed E-state index contributed by atoms with van der Waals surface area (Å²) in [5.74, 6) is -72.3. The molecule has 0 fully saturated rings. The van der Waals surface area contributed by atoms with E-state index in [0.29, 0.717) is 4.72 Å². The molecule has 5 nitrogen and oxygen atoms in total. The molecule has 0 aromatic heterocycles. The molecule has 0 amide bonds. The van der Waals surface area contributed by atoms with Crippen molar-refractivity contribution in [1.29, 1.82) is 0 Å². The second-order valence-electron chi connectivity index (χ2n) is 8.71. The molecule has 0 saturated heterocycles. The zero-order valence-corrected chi connectivity index (χ0v) is 20.5. The van der Waals surface area contributed by atoms with Crippen molar-refractivity contribution in [1.82, 2.24) is 4.72 Å². The van der Waals surface area contributed by atoms with Crippen LogP contribution in [0.15, 0.2) is 0 Å². The van der Waals surface area contributed by atoms with Crippen molar-refractivity contribution in [3.8, 4) is 0 Å². The predicted octanol–water partition coefficient (Wildman–Crippen LogP) is 6.00. The summed E-state index contributed by atoms with van der Waals surface area (Å²) in [7, 11) is -5.67. The molecule has 0 heterocycles. The second-order valence-corrected chi connectivity index (χ2v) is 10.5. The Hall–Kier alpha value is -1.64. The fourth-order valence-corrected chi connectivity index (χ4v) is 3.54. The van der Waals surface area contributed by atoms with Crippen LogP contribution >= 0.6 is 0 Å². The fraction of sp³-hybridized carbons (Fsp3) is 1.00. The van der Waals surface area contributed by atoms with Gasteiger partial charge in [-0.1, -0.05) is 0 Å². The highest BCUT2D eigenvalue weighted by atomic mass is 32.2. The van der Waals surface area contributed by atoms with E-state index >= 15 is 0 Å². The van der Waals surface area contributed by atoms with Crippen LogP contribution in [0.4, 0.5) is 92.2 Å². The molecule has 0 aromatic rings. The lowest BCUT2D eigenvalue weighted by molar-refractivity contribution is -1.07. The molecule has 0 unspecified atom stereocenters. The molecule has 0 rings (SSSR count). The van der Waals surface area contributed by atoms with Gasteiger partial charge in [0, 0.05) is 13.0 Å². The second kappa shape index (κ2) is 10.5. The Balaban J connectivity index is 6.92. The first-order valence-corrected chi connectivity index (χ1v) is 11.2. The van der Waals surface area contributed by atoms with Gasteiger partial charge in [0.05, 0.1) is 14.1 Å². The quantitative estimate of drug-likeness (QED) is 0.101. The minimum absolute atomic E-state index is 0.344. The largest absolute Gasteiger partial charge is 0.460 e. The van der Waals surface area contributed by atoms with Gasteiger partial charge in [0.25, 0.3) is 10.0 Å². The van der Waals surface area contributed by atoms with Crippen LogP contribution in [0.3, 0.4) is 0 Å². The van der Waals surface area contributed by atoms with Gasteiger partial charge in [0.1, 0.15) is 6.54 Å². The highest BCUT2D eigenvalue weighted by molar-refractivity contribution is 7.90. The Morgan fingerprint density at radius 3 is 1.05 bits per heavy atom. The van der Waals surface area contributed by atoms with E-state index in [1.165, 1.54) is 0 Å². The highest BCUT2D eigenvalue weighted by Gasteiger charge is 2.98. The summed E-state index contributed by atoms with van der Waals surface area (Å²) in [4.78, 5) is 0. The van der Waals surface area contributed by atoms with E-state index in [-0.39, 0.29) is 0 Å². The Kier molecular flexibility index (Phi) is 10.1. The van der Waals surface area contributed by atoms with Crippen molar-refractivity contribution in [3.05, 3.63) is 0 Å². The number of hydrogen-bond donors (Lipinski definition) is 2. The van der Waals surface area contributed by atoms with Crippen LogP contribution in [0.2, 0.25) is 0 Å². The van der Waals surface area contributed by atoms with Gasteiger partial charge in [-0.15, -0.1) is 0 Å². The molecule has 0 spiro atoms. The zero-order chi connectivity index (χ0) is 34.8. The summed E-state index contributed by atoms with van der Waals surface area (Å²) >= 11 is 0. The van der Waals surface area contributed by atoms with E-state index in [9.17, 15) is 106 Å². The van der Waals surface area contributed by atoms with E-state index in [1.807, 2.05) is 0 Å². The number of nitrogens with zero attached hydrogens (tertiary/aromatic N) is 1. The van der Waals surface area contributed by atoms with E-state index in [0.717, 1.165) is 14.1 Å². The molecule has 0 bridgehead atoms. The first kappa shape index (κ1) is 40.4. The first-order chi connectivity index (χ1) is 17.7. The van der Waals surface area contributed by atoms with Crippen LogP contribution in [0.5, 0.6) is 0 Å². The monoisotopic (exact) mass is 701 g/mol. The lowest BCUT2D eigenvalue weighted by Crippen LogP contribution is -2.77. The van der Waals surface area contributed by atoms with Gasteiger partial charge >= 0.3 is 58.8 Å². The van der Waals surface area contributed by atoms with Crippen molar-refractivity contribution in [2.45, 2.75) is 65.2 Å². The van der Waals surface area contributed by atoms with Gasteiger partial charge in [-0.3, -0.25) is 0 Å². The molecule has 0 aliphatic heterocycles. The Morgan fingerprint density at radius 1 is 0.524 bits per heavy atom. The molecule has 0 aliphatic rings. The van der Waals surface area contributed by atoms with Crippen LogP contribution in [0, 0.1) is 0 Å². The number of rotatable bonds is 14. The van der Waals surface area contributed by atoms with Crippen molar-refractivity contribution in [2.75, 3.05) is 27.2 Å². The molecule has 254 valence electrons. The van der Waals surface area contributed by atoms with E-state index in [1.54, 1.807) is 0 Å². The lowest BCUT2D eigenvalue weighted by atomic mass is 9.87. The normalized spacial score (nSPS) is 16.7. The smallest absolute Gasteiger partial charge is 0.217 e. The number of hydroxylamine groups is 3. The summed E-state index contributed by atoms with van der Waals surface area (Å²) in [6, 6.07) is 0. The summed E-state index contributed by atoms with van der Waals surface area (Å²) in [6.07, 6.45) is -8.95. The van der Waals surface area contributed by atoms with Crippen molar-refractivity contribution >= 4 is 10.0 Å². The standard InChI is InChI=1S/C15H14F21N2O3S/c1-38(2,39)5-3-4-37-42(40,41)15(35,36)13(30,31)11(26,27)9(22,23)7(18,19)6(16,17)8(20,21)10(24,25)12(28,29)14(32,33)34/h37,39H,3-5H2,1-2H3/q+1. The number of quaternary nitrogens is 1. The number of hydrogen-bond acceptors (Lipinski definition) is 3. The van der Waals surface area contributed by atoms with Crippen molar-refractivity contribution in [2.24, 2.45) is 0 Å². The third-order valence-corrected chi connectivity index (χ3v) is 6.51. The lowest BCUT2D eigenvalue weighted by Gasteiger charge is -2.44. The van der Waals surface area contributed by atoms with Gasteiger partial charge < -0.3 is 0 Å². The predicted molar refractivity (Wildman–Crippen MR) is 90.9 cm³/mol. The molecule has 0 atom stereocenters. The average molecular weight is 701 g/mol. The summed E-state index contributed by atoms with van der Waals surface area (Å²) < 4.78 is 302. The van der Waals surface area contributed by atoms with Gasteiger partial charge in [-0.05, 0) is 0 Å². The number of halogens is 21. The molecule has 27 heteroatoms. The zero-order valence-electron chi connectivity index (χ0n) is 19.7. The fourth-order valence-electron chi connectivity index (χ4n) is 2.48. The third kappa shape index (κ3) is 5.65.